The Kier molecular flexibility index (Phi) is 6.77. The number of nitrogens with one attached hydrogen (secondary N) is 1. The first-order valence-electron chi connectivity index (χ1n) is 11.5. The number of ether oxygens (including phenoxy) is 2. The summed E-state index contributed by atoms with van der Waals surface area (Å²) in [5, 5.41) is 8.64. The van der Waals surface area contributed by atoms with Gasteiger partial charge in [-0.05, 0) is 24.6 Å². The van der Waals surface area contributed by atoms with Gasteiger partial charge < -0.3 is 19.2 Å². The maximum atomic E-state index is 13.0. The molecule has 2 aromatic carbocycles. The second-order valence-electron chi connectivity index (χ2n) is 7.97. The lowest BCUT2D eigenvalue weighted by atomic mass is 10.2. The Morgan fingerprint density at radius 2 is 1.86 bits per heavy atom. The number of hydrogen-bond donors (Lipinski definition) is 1. The summed E-state index contributed by atoms with van der Waals surface area (Å²) >= 11 is 1.34. The van der Waals surface area contributed by atoms with E-state index in [4.69, 9.17) is 29.0 Å². The molecule has 3 aromatic heterocycles. The van der Waals surface area contributed by atoms with Gasteiger partial charge in [0.2, 0.25) is 5.91 Å². The van der Waals surface area contributed by atoms with E-state index in [2.05, 4.69) is 5.32 Å². The minimum absolute atomic E-state index is 0.107. The summed E-state index contributed by atoms with van der Waals surface area (Å²) in [5.74, 6) is 2.28. The van der Waals surface area contributed by atoms with E-state index in [1.807, 2.05) is 55.5 Å². The summed E-state index contributed by atoms with van der Waals surface area (Å²) in [5.41, 5.74) is 2.17. The highest BCUT2D eigenvalue weighted by Gasteiger charge is 2.23. The number of nitrogens with zero attached hydrogens (tertiary/aromatic N) is 4. The number of rotatable bonds is 9. The molecule has 0 radical (unpaired) electrons. The van der Waals surface area contributed by atoms with Crippen molar-refractivity contribution in [1.82, 2.24) is 24.9 Å². The van der Waals surface area contributed by atoms with Crippen LogP contribution in [0.3, 0.4) is 0 Å². The van der Waals surface area contributed by atoms with Gasteiger partial charge in [-0.2, -0.15) is 4.52 Å². The molecule has 3 heterocycles. The van der Waals surface area contributed by atoms with Crippen LogP contribution in [0.2, 0.25) is 0 Å². The molecular formula is C26H25N5O4S. The number of methoxy groups -OCH3 is 2. The Hall–Kier alpha value is -4.05. The molecule has 0 bridgehead atoms. The minimum Gasteiger partial charge on any atom is -0.493 e. The normalized spacial score (nSPS) is 12.1. The number of benzene rings is 2. The fraction of sp³-hybridized carbons (Fsp3) is 0.231. The van der Waals surface area contributed by atoms with E-state index in [0.717, 1.165) is 10.9 Å². The molecule has 10 heteroatoms. The van der Waals surface area contributed by atoms with Gasteiger partial charge in [-0.3, -0.25) is 4.79 Å². The number of furan rings is 1. The van der Waals surface area contributed by atoms with Gasteiger partial charge in [0.15, 0.2) is 28.1 Å². The molecule has 5 aromatic rings. The summed E-state index contributed by atoms with van der Waals surface area (Å²) in [6, 6.07) is 17.0. The zero-order valence-electron chi connectivity index (χ0n) is 20.1. The van der Waals surface area contributed by atoms with Crippen LogP contribution in [0.1, 0.15) is 19.1 Å². The molecule has 0 unspecified atom stereocenters. The Labute approximate surface area is 211 Å². The van der Waals surface area contributed by atoms with Crippen LogP contribution in [0.4, 0.5) is 0 Å². The fourth-order valence-corrected chi connectivity index (χ4v) is 4.84. The number of fused-ring (bicyclic) bond motifs is 3. The Morgan fingerprint density at radius 1 is 1.08 bits per heavy atom. The van der Waals surface area contributed by atoms with Crippen LogP contribution in [-0.2, 0) is 11.3 Å². The highest BCUT2D eigenvalue weighted by molar-refractivity contribution is 8.00. The molecule has 0 saturated heterocycles. The van der Waals surface area contributed by atoms with Gasteiger partial charge in [-0.25, -0.2) is 9.97 Å². The van der Waals surface area contributed by atoms with Crippen LogP contribution >= 0.6 is 11.8 Å². The predicted molar refractivity (Wildman–Crippen MR) is 137 cm³/mol. The Bertz CT molecular complexity index is 1500. The quantitative estimate of drug-likeness (QED) is 0.227. The predicted octanol–water partition coefficient (Wildman–Crippen LogP) is 4.74. The van der Waals surface area contributed by atoms with Crippen molar-refractivity contribution in [3.8, 4) is 22.9 Å². The summed E-state index contributed by atoms with van der Waals surface area (Å²) in [4.78, 5) is 22.7. The molecule has 184 valence electrons. The van der Waals surface area contributed by atoms with Crippen molar-refractivity contribution in [2.45, 2.75) is 30.3 Å². The van der Waals surface area contributed by atoms with E-state index in [-0.39, 0.29) is 5.91 Å². The lowest BCUT2D eigenvalue weighted by Crippen LogP contribution is -2.32. The van der Waals surface area contributed by atoms with E-state index in [0.29, 0.717) is 52.4 Å². The first-order chi connectivity index (χ1) is 17.6. The lowest BCUT2D eigenvalue weighted by molar-refractivity contribution is -0.120. The molecule has 0 spiro atoms. The van der Waals surface area contributed by atoms with Crippen molar-refractivity contribution in [3.63, 3.8) is 0 Å². The number of carbonyl (C=O) groups excluding carboxylic acids is 1. The average molecular weight is 504 g/mol. The first kappa shape index (κ1) is 23.7. The summed E-state index contributed by atoms with van der Waals surface area (Å²) in [7, 11) is 3.17. The summed E-state index contributed by atoms with van der Waals surface area (Å²) < 4.78 is 18.0. The molecule has 5 rings (SSSR count). The van der Waals surface area contributed by atoms with E-state index in [9.17, 15) is 4.79 Å². The molecule has 1 N–H and O–H groups in total. The molecular weight excluding hydrogens is 478 g/mol. The van der Waals surface area contributed by atoms with Gasteiger partial charge in [-0.15, -0.1) is 5.10 Å². The van der Waals surface area contributed by atoms with Crippen LogP contribution in [0, 0.1) is 0 Å². The van der Waals surface area contributed by atoms with Gasteiger partial charge >= 0.3 is 0 Å². The molecule has 0 aliphatic carbocycles. The number of hydrogen-bond acceptors (Lipinski definition) is 8. The monoisotopic (exact) mass is 503 g/mol. The third kappa shape index (κ3) is 4.59. The molecule has 1 amide bonds. The molecule has 0 aliphatic rings. The first-order valence-corrected chi connectivity index (χ1v) is 12.3. The highest BCUT2D eigenvalue weighted by Crippen LogP contribution is 2.36. The van der Waals surface area contributed by atoms with E-state index in [1.54, 1.807) is 31.1 Å². The lowest BCUT2D eigenvalue weighted by Gasteiger charge is -2.15. The van der Waals surface area contributed by atoms with Crippen molar-refractivity contribution >= 4 is 34.2 Å². The van der Waals surface area contributed by atoms with Crippen LogP contribution in [0.5, 0.6) is 11.5 Å². The van der Waals surface area contributed by atoms with E-state index >= 15 is 0 Å². The van der Waals surface area contributed by atoms with Crippen LogP contribution in [-0.4, -0.2) is 45.0 Å². The molecule has 0 saturated carbocycles. The molecule has 36 heavy (non-hydrogen) atoms. The van der Waals surface area contributed by atoms with Crippen molar-refractivity contribution < 1.29 is 18.7 Å². The Balaban J connectivity index is 1.58. The molecule has 0 fully saturated rings. The van der Waals surface area contributed by atoms with Gasteiger partial charge in [0.1, 0.15) is 5.76 Å². The van der Waals surface area contributed by atoms with Gasteiger partial charge in [0.05, 0.1) is 37.8 Å². The fourth-order valence-electron chi connectivity index (χ4n) is 3.85. The van der Waals surface area contributed by atoms with Crippen molar-refractivity contribution in [3.05, 3.63) is 66.6 Å². The standard InChI is InChI=1S/C26H25N5O4S/c1-4-22(25(32)27-15-17-11-8-12-35-17)36-26-28-19-14-21(34-3)20(33-2)13-18(19)24-29-23(30-31(24)26)16-9-6-5-7-10-16/h5-14,22H,4,15H2,1-3H3,(H,27,32)/t22-/m1/s1. The zero-order chi connectivity index (χ0) is 25.1. The number of amides is 1. The van der Waals surface area contributed by atoms with Crippen molar-refractivity contribution in [1.29, 1.82) is 0 Å². The van der Waals surface area contributed by atoms with Gasteiger partial charge in [0, 0.05) is 17.0 Å². The summed E-state index contributed by atoms with van der Waals surface area (Å²) in [6.45, 7) is 2.29. The third-order valence-electron chi connectivity index (χ3n) is 5.71. The second kappa shape index (κ2) is 10.3. The van der Waals surface area contributed by atoms with Gasteiger partial charge in [0.25, 0.3) is 0 Å². The van der Waals surface area contributed by atoms with Crippen LogP contribution in [0.25, 0.3) is 27.9 Å². The number of thioether (sulfide) groups is 1. The maximum absolute atomic E-state index is 13.0. The maximum Gasteiger partial charge on any atom is 0.233 e. The SMILES string of the molecule is CC[C@@H](Sc1nc2cc(OC)c(OC)cc2c2nc(-c3ccccc3)nn12)C(=O)NCc1ccco1. The largest absolute Gasteiger partial charge is 0.493 e. The van der Waals surface area contributed by atoms with Crippen LogP contribution in [0.15, 0.2) is 70.4 Å². The zero-order valence-corrected chi connectivity index (χ0v) is 20.9. The van der Waals surface area contributed by atoms with Gasteiger partial charge in [-0.1, -0.05) is 49.0 Å². The Morgan fingerprint density at radius 3 is 2.56 bits per heavy atom. The molecule has 1 atom stereocenters. The van der Waals surface area contributed by atoms with Crippen LogP contribution < -0.4 is 14.8 Å². The van der Waals surface area contributed by atoms with Crippen molar-refractivity contribution in [2.24, 2.45) is 0 Å². The average Bonchev–Trinajstić information content (AvgIpc) is 3.61. The molecule has 0 aliphatic heterocycles. The minimum atomic E-state index is -0.391. The summed E-state index contributed by atoms with van der Waals surface area (Å²) in [6.07, 6.45) is 2.18. The second-order valence-corrected chi connectivity index (χ2v) is 9.14. The number of carbonyl (C=O) groups is 1. The molecule has 9 nitrogen and oxygen atoms in total. The third-order valence-corrected chi connectivity index (χ3v) is 7.01. The number of aromatic nitrogens is 4. The topological polar surface area (TPSA) is 104 Å². The van der Waals surface area contributed by atoms with E-state index in [1.165, 1.54) is 11.8 Å². The highest BCUT2D eigenvalue weighted by atomic mass is 32.2. The smallest absolute Gasteiger partial charge is 0.233 e. The van der Waals surface area contributed by atoms with Crippen molar-refractivity contribution in [2.75, 3.05) is 14.2 Å². The van der Waals surface area contributed by atoms with E-state index < -0.39 is 5.25 Å².